The number of hydrogen-bond acceptors (Lipinski definition) is 3. The normalized spacial score (nSPS) is 10.3. The monoisotopic (exact) mass is 239 g/mol. The summed E-state index contributed by atoms with van der Waals surface area (Å²) >= 11 is 7.46. The Morgan fingerprint density at radius 2 is 2.33 bits per heavy atom. The van der Waals surface area contributed by atoms with Crippen LogP contribution >= 0.6 is 22.9 Å². The van der Waals surface area contributed by atoms with Gasteiger partial charge in [0.25, 0.3) is 0 Å². The highest BCUT2D eigenvalue weighted by Crippen LogP contribution is 2.18. The first kappa shape index (κ1) is 10.5. The molecule has 0 N–H and O–H groups in total. The molecule has 78 valence electrons. The fourth-order valence-corrected chi connectivity index (χ4v) is 1.97. The lowest BCUT2D eigenvalue weighted by Gasteiger charge is -2.03. The first-order valence-electron chi connectivity index (χ1n) is 4.53. The third kappa shape index (κ3) is 2.94. The van der Waals surface area contributed by atoms with Gasteiger partial charge >= 0.3 is 0 Å². The van der Waals surface area contributed by atoms with Gasteiger partial charge in [-0.2, -0.15) is 0 Å². The molecule has 0 atom stereocenters. The summed E-state index contributed by atoms with van der Waals surface area (Å²) in [6.07, 6.45) is 0. The van der Waals surface area contributed by atoms with Crippen molar-refractivity contribution in [3.63, 3.8) is 0 Å². The molecule has 4 heteroatoms. The number of rotatable bonds is 3. The molecule has 0 aliphatic heterocycles. The Morgan fingerprint density at radius 1 is 1.47 bits per heavy atom. The average Bonchev–Trinajstić information content (AvgIpc) is 2.62. The number of aryl methyl sites for hydroxylation is 1. The van der Waals surface area contributed by atoms with Crippen molar-refractivity contribution in [2.75, 3.05) is 0 Å². The molecule has 0 radical (unpaired) electrons. The van der Waals surface area contributed by atoms with E-state index in [0.717, 1.165) is 16.5 Å². The standard InChI is InChI=1S/C11H10ClNOS/c1-8-13-10(7-15-8)6-14-11-4-2-3-9(12)5-11/h2-5,7H,6H2,1H3. The lowest BCUT2D eigenvalue weighted by atomic mass is 10.3. The Kier molecular flexibility index (Phi) is 3.23. The minimum atomic E-state index is 0.491. The maximum absolute atomic E-state index is 5.84. The largest absolute Gasteiger partial charge is 0.487 e. The van der Waals surface area contributed by atoms with Crippen LogP contribution in [0.15, 0.2) is 29.6 Å². The number of aromatic nitrogens is 1. The van der Waals surface area contributed by atoms with E-state index in [4.69, 9.17) is 16.3 Å². The van der Waals surface area contributed by atoms with Gasteiger partial charge in [0, 0.05) is 10.4 Å². The van der Waals surface area contributed by atoms with Gasteiger partial charge in [-0.25, -0.2) is 4.98 Å². The molecule has 1 aromatic carbocycles. The molecule has 0 saturated carbocycles. The quantitative estimate of drug-likeness (QED) is 0.815. The van der Waals surface area contributed by atoms with Crippen LogP contribution in [0.4, 0.5) is 0 Å². The maximum atomic E-state index is 5.84. The van der Waals surface area contributed by atoms with E-state index in [-0.39, 0.29) is 0 Å². The Morgan fingerprint density at radius 3 is 3.00 bits per heavy atom. The molecule has 1 heterocycles. The summed E-state index contributed by atoms with van der Waals surface area (Å²) in [4.78, 5) is 4.31. The molecule has 2 nitrogen and oxygen atoms in total. The van der Waals surface area contributed by atoms with Crippen molar-refractivity contribution in [2.24, 2.45) is 0 Å². The van der Waals surface area contributed by atoms with Crippen LogP contribution in [-0.2, 0) is 6.61 Å². The van der Waals surface area contributed by atoms with Crippen molar-refractivity contribution in [3.05, 3.63) is 45.4 Å². The summed E-state index contributed by atoms with van der Waals surface area (Å²) in [6.45, 7) is 2.47. The Balaban J connectivity index is 1.99. The van der Waals surface area contributed by atoms with Gasteiger partial charge in [-0.05, 0) is 25.1 Å². The van der Waals surface area contributed by atoms with E-state index in [1.807, 2.05) is 30.5 Å². The predicted molar refractivity (Wildman–Crippen MR) is 62.6 cm³/mol. The van der Waals surface area contributed by atoms with Crippen LogP contribution < -0.4 is 4.74 Å². The first-order valence-corrected chi connectivity index (χ1v) is 5.79. The Hall–Kier alpha value is -1.06. The molecule has 15 heavy (non-hydrogen) atoms. The van der Waals surface area contributed by atoms with Crippen LogP contribution in [0, 0.1) is 6.92 Å². The number of thiazole rings is 1. The number of nitrogens with zero attached hydrogens (tertiary/aromatic N) is 1. The summed E-state index contributed by atoms with van der Waals surface area (Å²) in [7, 11) is 0. The third-order valence-electron chi connectivity index (χ3n) is 1.85. The third-order valence-corrected chi connectivity index (χ3v) is 2.91. The van der Waals surface area contributed by atoms with Crippen molar-refractivity contribution in [3.8, 4) is 5.75 Å². The minimum Gasteiger partial charge on any atom is -0.487 e. The van der Waals surface area contributed by atoms with Gasteiger partial charge in [0.15, 0.2) is 0 Å². The summed E-state index contributed by atoms with van der Waals surface area (Å²) in [5.41, 5.74) is 0.956. The summed E-state index contributed by atoms with van der Waals surface area (Å²) in [5.74, 6) is 0.771. The van der Waals surface area contributed by atoms with Crippen molar-refractivity contribution < 1.29 is 4.74 Å². The highest BCUT2D eigenvalue weighted by atomic mass is 35.5. The molecule has 0 aliphatic carbocycles. The lowest BCUT2D eigenvalue weighted by Crippen LogP contribution is -1.95. The van der Waals surface area contributed by atoms with Gasteiger partial charge in [0.05, 0.1) is 10.7 Å². The fourth-order valence-electron chi connectivity index (χ4n) is 1.19. The zero-order valence-corrected chi connectivity index (χ0v) is 9.81. The Bertz CT molecular complexity index is 455. The first-order chi connectivity index (χ1) is 7.24. The lowest BCUT2D eigenvalue weighted by molar-refractivity contribution is 0.302. The van der Waals surface area contributed by atoms with Crippen LogP contribution in [-0.4, -0.2) is 4.98 Å². The van der Waals surface area contributed by atoms with E-state index in [1.165, 1.54) is 0 Å². The number of benzene rings is 1. The number of ether oxygens (including phenoxy) is 1. The van der Waals surface area contributed by atoms with E-state index in [9.17, 15) is 0 Å². The van der Waals surface area contributed by atoms with Gasteiger partial charge in [-0.3, -0.25) is 0 Å². The average molecular weight is 240 g/mol. The van der Waals surface area contributed by atoms with E-state index in [1.54, 1.807) is 17.4 Å². The topological polar surface area (TPSA) is 22.1 Å². The van der Waals surface area contributed by atoms with E-state index < -0.39 is 0 Å². The molecule has 2 aromatic rings. The van der Waals surface area contributed by atoms with Crippen molar-refractivity contribution in [1.29, 1.82) is 0 Å². The Labute approximate surface area is 97.5 Å². The predicted octanol–water partition coefficient (Wildman–Crippen LogP) is 3.68. The molecule has 0 saturated heterocycles. The minimum absolute atomic E-state index is 0.491. The van der Waals surface area contributed by atoms with Crippen molar-refractivity contribution >= 4 is 22.9 Å². The van der Waals surface area contributed by atoms with Crippen LogP contribution in [0.1, 0.15) is 10.7 Å². The van der Waals surface area contributed by atoms with Crippen molar-refractivity contribution in [2.45, 2.75) is 13.5 Å². The highest BCUT2D eigenvalue weighted by Gasteiger charge is 2.00. The molecule has 0 aliphatic rings. The molecule has 0 fully saturated rings. The smallest absolute Gasteiger partial charge is 0.131 e. The second-order valence-corrected chi connectivity index (χ2v) is 4.60. The number of hydrogen-bond donors (Lipinski definition) is 0. The van der Waals surface area contributed by atoms with E-state index in [2.05, 4.69) is 4.98 Å². The zero-order valence-electron chi connectivity index (χ0n) is 8.24. The molecule has 0 amide bonds. The maximum Gasteiger partial charge on any atom is 0.131 e. The highest BCUT2D eigenvalue weighted by molar-refractivity contribution is 7.09. The van der Waals surface area contributed by atoms with E-state index >= 15 is 0 Å². The van der Waals surface area contributed by atoms with Gasteiger partial charge in [0.1, 0.15) is 12.4 Å². The molecular formula is C11H10ClNOS. The summed E-state index contributed by atoms with van der Waals surface area (Å²) in [5, 5.41) is 3.74. The summed E-state index contributed by atoms with van der Waals surface area (Å²) in [6, 6.07) is 7.36. The second-order valence-electron chi connectivity index (χ2n) is 3.10. The van der Waals surface area contributed by atoms with Crippen LogP contribution in [0.5, 0.6) is 5.75 Å². The molecule has 0 spiro atoms. The molecule has 0 bridgehead atoms. The van der Waals surface area contributed by atoms with Crippen LogP contribution in [0.2, 0.25) is 5.02 Å². The molecule has 0 unspecified atom stereocenters. The molecule has 2 rings (SSSR count). The zero-order chi connectivity index (χ0) is 10.7. The van der Waals surface area contributed by atoms with Gasteiger partial charge < -0.3 is 4.74 Å². The molecular weight excluding hydrogens is 230 g/mol. The SMILES string of the molecule is Cc1nc(COc2cccc(Cl)c2)cs1. The summed E-state index contributed by atoms with van der Waals surface area (Å²) < 4.78 is 5.55. The second kappa shape index (κ2) is 4.64. The van der Waals surface area contributed by atoms with E-state index in [0.29, 0.717) is 11.6 Å². The van der Waals surface area contributed by atoms with Crippen LogP contribution in [0.3, 0.4) is 0 Å². The van der Waals surface area contributed by atoms with Gasteiger partial charge in [-0.15, -0.1) is 11.3 Å². The fraction of sp³-hybridized carbons (Fsp3) is 0.182. The molecule has 1 aromatic heterocycles. The van der Waals surface area contributed by atoms with Gasteiger partial charge in [0.2, 0.25) is 0 Å². The van der Waals surface area contributed by atoms with Gasteiger partial charge in [-0.1, -0.05) is 17.7 Å². The van der Waals surface area contributed by atoms with Crippen molar-refractivity contribution in [1.82, 2.24) is 4.98 Å². The van der Waals surface area contributed by atoms with Crippen LogP contribution in [0.25, 0.3) is 0 Å². The number of halogens is 1.